The first kappa shape index (κ1) is 20.4. The summed E-state index contributed by atoms with van der Waals surface area (Å²) in [5.41, 5.74) is 3.91. The van der Waals surface area contributed by atoms with Gasteiger partial charge in [-0.15, -0.1) is 6.42 Å². The number of hydrogen-bond acceptors (Lipinski definition) is 5. The third kappa shape index (κ3) is 5.33. The molecule has 3 aromatic rings. The van der Waals surface area contributed by atoms with Gasteiger partial charge in [0.25, 0.3) is 5.91 Å². The Labute approximate surface area is 177 Å². The van der Waals surface area contributed by atoms with Crippen molar-refractivity contribution >= 4 is 39.0 Å². The van der Waals surface area contributed by atoms with Crippen LogP contribution in [-0.2, 0) is 4.79 Å². The summed E-state index contributed by atoms with van der Waals surface area (Å²) < 4.78 is 12.0. The second-order valence-corrected chi connectivity index (χ2v) is 6.86. The molecule has 1 atom stereocenters. The maximum Gasteiger partial charge on any atom is 0.280 e. The van der Waals surface area contributed by atoms with Crippen molar-refractivity contribution in [1.29, 1.82) is 0 Å². The van der Waals surface area contributed by atoms with Crippen molar-refractivity contribution in [2.45, 2.75) is 13.0 Å². The summed E-state index contributed by atoms with van der Waals surface area (Å²) in [6.07, 6.45) is 7.64. The molecule has 0 bridgehead atoms. The number of halogens is 1. The molecule has 0 fully saturated rings. The molecule has 0 aliphatic rings. The van der Waals surface area contributed by atoms with Crippen LogP contribution in [0.3, 0.4) is 0 Å². The molecule has 1 N–H and O–H groups in total. The van der Waals surface area contributed by atoms with Gasteiger partial charge in [0.2, 0.25) is 0 Å². The summed E-state index contributed by atoms with van der Waals surface area (Å²) in [7, 11) is 0. The maximum absolute atomic E-state index is 12.3. The number of hydrazone groups is 1. The third-order valence-electron chi connectivity index (χ3n) is 3.94. The molecule has 0 saturated carbocycles. The van der Waals surface area contributed by atoms with Crippen LogP contribution >= 0.6 is 15.9 Å². The molecule has 0 radical (unpaired) electrons. The molecule has 0 saturated heterocycles. The molecule has 7 heteroatoms. The maximum atomic E-state index is 12.3. The number of rotatable bonds is 7. The molecular weight excluding hydrogens is 434 g/mol. The Bertz CT molecular complexity index is 1090. The molecule has 0 unspecified atom stereocenters. The minimum Gasteiger partial charge on any atom is -0.481 e. The van der Waals surface area contributed by atoms with Crippen molar-refractivity contribution in [3.05, 3.63) is 64.8 Å². The average molecular weight is 452 g/mol. The van der Waals surface area contributed by atoms with Crippen LogP contribution in [-0.4, -0.2) is 29.8 Å². The normalized spacial score (nSPS) is 11.8. The van der Waals surface area contributed by atoms with Crippen molar-refractivity contribution in [2.75, 3.05) is 6.61 Å². The second kappa shape index (κ2) is 9.71. The number of carbonyl (C=O) groups excluding carboxylic acids is 1. The molecule has 29 heavy (non-hydrogen) atoms. The number of hydrogen-bond donors (Lipinski definition) is 1. The highest BCUT2D eigenvalue weighted by molar-refractivity contribution is 9.10. The summed E-state index contributed by atoms with van der Waals surface area (Å²) in [5.74, 6) is 3.17. The molecule has 3 rings (SSSR count). The number of amides is 1. The number of fused-ring (bicyclic) bond motifs is 1. The lowest BCUT2D eigenvalue weighted by Crippen LogP contribution is -2.33. The summed E-state index contributed by atoms with van der Waals surface area (Å²) in [4.78, 5) is 16.7. The number of benzene rings is 2. The van der Waals surface area contributed by atoms with E-state index in [2.05, 4.69) is 37.4 Å². The van der Waals surface area contributed by atoms with Gasteiger partial charge in [-0.25, -0.2) is 5.43 Å². The first-order valence-corrected chi connectivity index (χ1v) is 9.57. The first-order chi connectivity index (χ1) is 14.1. The Morgan fingerprint density at radius 2 is 2.17 bits per heavy atom. The van der Waals surface area contributed by atoms with E-state index >= 15 is 0 Å². The molecule has 1 aromatic heterocycles. The summed E-state index contributed by atoms with van der Waals surface area (Å²) in [6.45, 7) is 1.82. The number of ether oxygens (including phenoxy) is 2. The highest BCUT2D eigenvalue weighted by atomic mass is 79.9. The fraction of sp³-hybridized carbons (Fsp3) is 0.136. The lowest BCUT2D eigenvalue weighted by molar-refractivity contribution is -0.127. The van der Waals surface area contributed by atoms with Gasteiger partial charge in [-0.05, 0) is 37.3 Å². The number of terminal acetylenes is 1. The Hall–Kier alpha value is -3.37. The van der Waals surface area contributed by atoms with Gasteiger partial charge in [0.1, 0.15) is 23.6 Å². The Morgan fingerprint density at radius 3 is 3.00 bits per heavy atom. The highest BCUT2D eigenvalue weighted by Gasteiger charge is 2.15. The Kier molecular flexibility index (Phi) is 6.82. The van der Waals surface area contributed by atoms with E-state index < -0.39 is 6.10 Å². The number of aromatic nitrogens is 1. The fourth-order valence-electron chi connectivity index (χ4n) is 2.51. The van der Waals surface area contributed by atoms with Crippen LogP contribution in [0.15, 0.2) is 64.3 Å². The van der Waals surface area contributed by atoms with E-state index in [1.54, 1.807) is 31.3 Å². The van der Waals surface area contributed by atoms with Crippen molar-refractivity contribution in [3.63, 3.8) is 0 Å². The quantitative estimate of drug-likeness (QED) is 0.335. The largest absolute Gasteiger partial charge is 0.481 e. The SMILES string of the molecule is C#CCOc1ccc(Br)c(/C=N\NC(=O)[C@H](C)Oc2cccc3cccnc23)c1. The molecular formula is C22H18BrN3O3. The smallest absolute Gasteiger partial charge is 0.280 e. The van der Waals surface area contributed by atoms with E-state index in [0.29, 0.717) is 17.0 Å². The van der Waals surface area contributed by atoms with Gasteiger partial charge >= 0.3 is 0 Å². The van der Waals surface area contributed by atoms with E-state index in [9.17, 15) is 4.79 Å². The standard InChI is InChI=1S/C22H18BrN3O3/c1-3-12-28-18-9-10-19(23)17(13-18)14-25-26-22(27)15(2)29-20-8-4-6-16-7-5-11-24-21(16)20/h1,4-11,13-15H,12H2,2H3,(H,26,27)/b25-14-/t15-/m0/s1. The zero-order valence-electron chi connectivity index (χ0n) is 15.6. The predicted molar refractivity (Wildman–Crippen MR) is 116 cm³/mol. The zero-order chi connectivity index (χ0) is 20.6. The first-order valence-electron chi connectivity index (χ1n) is 8.77. The highest BCUT2D eigenvalue weighted by Crippen LogP contribution is 2.24. The van der Waals surface area contributed by atoms with Gasteiger partial charge in [-0.1, -0.05) is 40.0 Å². The van der Waals surface area contributed by atoms with Gasteiger partial charge in [0, 0.05) is 21.6 Å². The van der Waals surface area contributed by atoms with E-state index in [1.165, 1.54) is 6.21 Å². The van der Waals surface area contributed by atoms with Gasteiger partial charge in [-0.2, -0.15) is 5.10 Å². The summed E-state index contributed by atoms with van der Waals surface area (Å²) in [5, 5.41) is 4.94. The predicted octanol–water partition coefficient (Wildman–Crippen LogP) is 3.93. The lowest BCUT2D eigenvalue weighted by Gasteiger charge is -2.14. The zero-order valence-corrected chi connectivity index (χ0v) is 17.2. The molecule has 0 aliphatic carbocycles. The number of nitrogens with zero attached hydrogens (tertiary/aromatic N) is 2. The monoisotopic (exact) mass is 451 g/mol. The Balaban J connectivity index is 1.64. The molecule has 146 valence electrons. The van der Waals surface area contributed by atoms with Crippen LogP contribution in [0.5, 0.6) is 11.5 Å². The number of para-hydroxylation sites is 1. The van der Waals surface area contributed by atoms with E-state index in [4.69, 9.17) is 15.9 Å². The van der Waals surface area contributed by atoms with E-state index in [1.807, 2.05) is 30.3 Å². The molecule has 6 nitrogen and oxygen atoms in total. The van der Waals surface area contributed by atoms with Crippen molar-refractivity contribution in [1.82, 2.24) is 10.4 Å². The van der Waals surface area contributed by atoms with Crippen LogP contribution in [0.25, 0.3) is 10.9 Å². The number of pyridine rings is 1. The van der Waals surface area contributed by atoms with Crippen molar-refractivity contribution in [3.8, 4) is 23.8 Å². The van der Waals surface area contributed by atoms with Gasteiger partial charge < -0.3 is 9.47 Å². The van der Waals surface area contributed by atoms with Crippen molar-refractivity contribution in [2.24, 2.45) is 5.10 Å². The second-order valence-electron chi connectivity index (χ2n) is 6.00. The van der Waals surface area contributed by atoms with Crippen LogP contribution in [0.2, 0.25) is 0 Å². The fourth-order valence-corrected chi connectivity index (χ4v) is 2.86. The molecule has 2 aromatic carbocycles. The molecule has 0 aliphatic heterocycles. The van der Waals surface area contributed by atoms with Crippen molar-refractivity contribution < 1.29 is 14.3 Å². The molecule has 1 heterocycles. The van der Waals surface area contributed by atoms with Gasteiger partial charge in [0.15, 0.2) is 6.10 Å². The number of nitrogens with one attached hydrogen (secondary N) is 1. The van der Waals surface area contributed by atoms with E-state index in [-0.39, 0.29) is 12.5 Å². The molecule has 1 amide bonds. The third-order valence-corrected chi connectivity index (χ3v) is 4.66. The molecule has 0 spiro atoms. The van der Waals surface area contributed by atoms with Crippen LogP contribution < -0.4 is 14.9 Å². The minimum atomic E-state index is -0.756. The summed E-state index contributed by atoms with van der Waals surface area (Å²) >= 11 is 3.43. The lowest BCUT2D eigenvalue weighted by atomic mass is 10.2. The van der Waals surface area contributed by atoms with Crippen LogP contribution in [0, 0.1) is 12.3 Å². The average Bonchev–Trinajstić information content (AvgIpc) is 2.74. The van der Waals surface area contributed by atoms with E-state index in [0.717, 1.165) is 15.4 Å². The van der Waals surface area contributed by atoms with Gasteiger partial charge in [-0.3, -0.25) is 9.78 Å². The van der Waals surface area contributed by atoms with Crippen LogP contribution in [0.1, 0.15) is 12.5 Å². The summed E-state index contributed by atoms with van der Waals surface area (Å²) in [6, 6.07) is 14.7. The van der Waals surface area contributed by atoms with Crippen LogP contribution in [0.4, 0.5) is 0 Å². The number of carbonyl (C=O) groups is 1. The van der Waals surface area contributed by atoms with Gasteiger partial charge in [0.05, 0.1) is 6.21 Å². The topological polar surface area (TPSA) is 72.8 Å². The minimum absolute atomic E-state index is 0.173. The Morgan fingerprint density at radius 1 is 1.34 bits per heavy atom.